The quantitative estimate of drug-likeness (QED) is 0.730. The largest absolute Gasteiger partial charge is 0.552 e. The van der Waals surface area contributed by atoms with Crippen molar-refractivity contribution >= 4 is 28.8 Å². The minimum Gasteiger partial charge on any atom is -0.531 e. The van der Waals surface area contributed by atoms with Gasteiger partial charge in [-0.1, -0.05) is 25.0 Å². The van der Waals surface area contributed by atoms with E-state index in [0.29, 0.717) is 11.7 Å². The molecule has 27 heavy (non-hydrogen) atoms. The number of rotatable bonds is 6. The summed E-state index contributed by atoms with van der Waals surface area (Å²) >= 11 is 0. The Balaban J connectivity index is 1.29. The zero-order chi connectivity index (χ0) is 18.6. The van der Waals surface area contributed by atoms with Gasteiger partial charge in [0.2, 0.25) is 10.0 Å². The molecule has 6 nitrogen and oxygen atoms in total. The van der Waals surface area contributed by atoms with Gasteiger partial charge in [-0.3, -0.25) is 4.98 Å². The van der Waals surface area contributed by atoms with Gasteiger partial charge in [-0.2, -0.15) is 0 Å². The molecular formula is C19H23BN2O4S. The SMILES string of the molecule is O=S(=O)(CCC1CC1)NC1CC(C2=CB(O)Oc3cnc4c(c32)C=CC4)C1. The van der Waals surface area contributed by atoms with Crippen LogP contribution in [0.15, 0.2) is 18.2 Å². The minimum absolute atomic E-state index is 0.0195. The van der Waals surface area contributed by atoms with Crippen molar-refractivity contribution < 1.29 is 18.1 Å². The molecule has 2 heterocycles. The highest BCUT2D eigenvalue weighted by Gasteiger charge is 2.39. The van der Waals surface area contributed by atoms with Crippen molar-refractivity contribution in [2.24, 2.45) is 11.8 Å². The summed E-state index contributed by atoms with van der Waals surface area (Å²) in [6.07, 6.45) is 11.3. The Hall–Kier alpha value is -1.64. The minimum atomic E-state index is -3.20. The number of pyridine rings is 1. The van der Waals surface area contributed by atoms with E-state index in [0.717, 1.165) is 48.1 Å². The van der Waals surface area contributed by atoms with Gasteiger partial charge in [-0.25, -0.2) is 13.1 Å². The van der Waals surface area contributed by atoms with Crippen molar-refractivity contribution in [1.82, 2.24) is 9.71 Å². The summed E-state index contributed by atoms with van der Waals surface area (Å²) in [6.45, 7) is 0. The summed E-state index contributed by atoms with van der Waals surface area (Å²) in [5.41, 5.74) is 4.16. The van der Waals surface area contributed by atoms with Gasteiger partial charge in [-0.15, -0.1) is 0 Å². The maximum Gasteiger partial charge on any atom is 0.552 e. The molecule has 0 atom stereocenters. The third-order valence-corrected chi connectivity index (χ3v) is 7.50. The molecule has 0 bridgehead atoms. The summed E-state index contributed by atoms with van der Waals surface area (Å²) in [7, 11) is -4.18. The van der Waals surface area contributed by atoms with E-state index in [2.05, 4.69) is 21.9 Å². The van der Waals surface area contributed by atoms with E-state index in [4.69, 9.17) is 4.65 Å². The number of sulfonamides is 1. The van der Waals surface area contributed by atoms with E-state index in [-0.39, 0.29) is 17.7 Å². The first kappa shape index (κ1) is 17.5. The number of hydrogen-bond acceptors (Lipinski definition) is 5. The summed E-state index contributed by atoms with van der Waals surface area (Å²) in [4.78, 5) is 4.43. The van der Waals surface area contributed by atoms with Crippen LogP contribution in [0.3, 0.4) is 0 Å². The second-order valence-electron chi connectivity index (χ2n) is 8.13. The molecule has 2 fully saturated rings. The normalized spacial score (nSPS) is 26.1. The first-order valence-electron chi connectivity index (χ1n) is 9.74. The molecule has 0 aromatic carbocycles. The molecule has 1 aliphatic heterocycles. The zero-order valence-corrected chi connectivity index (χ0v) is 15.9. The number of nitrogens with one attached hydrogen (secondary N) is 1. The molecule has 0 radical (unpaired) electrons. The molecule has 8 heteroatoms. The van der Waals surface area contributed by atoms with Crippen molar-refractivity contribution in [2.45, 2.75) is 44.6 Å². The van der Waals surface area contributed by atoms with Crippen LogP contribution in [0.5, 0.6) is 5.75 Å². The number of allylic oxidation sites excluding steroid dienone is 2. The van der Waals surface area contributed by atoms with Gasteiger partial charge in [0, 0.05) is 23.6 Å². The lowest BCUT2D eigenvalue weighted by atomic mass is 9.68. The van der Waals surface area contributed by atoms with Gasteiger partial charge in [0.15, 0.2) is 0 Å². The Morgan fingerprint density at radius 2 is 2.15 bits per heavy atom. The van der Waals surface area contributed by atoms with Crippen LogP contribution in [-0.4, -0.2) is 37.3 Å². The Labute approximate surface area is 159 Å². The highest BCUT2D eigenvalue weighted by Crippen LogP contribution is 2.46. The molecular weight excluding hydrogens is 363 g/mol. The molecule has 5 rings (SSSR count). The lowest BCUT2D eigenvalue weighted by Crippen LogP contribution is -2.46. The molecule has 1 aromatic heterocycles. The van der Waals surface area contributed by atoms with Crippen LogP contribution in [0, 0.1) is 11.8 Å². The predicted octanol–water partition coefficient (Wildman–Crippen LogP) is 1.94. The summed E-state index contributed by atoms with van der Waals surface area (Å²) in [5.74, 6) is 3.44. The average molecular weight is 386 g/mol. The van der Waals surface area contributed by atoms with Gasteiger partial charge in [0.1, 0.15) is 5.75 Å². The molecule has 0 amide bonds. The van der Waals surface area contributed by atoms with Gasteiger partial charge in [-0.05, 0) is 42.6 Å². The zero-order valence-electron chi connectivity index (χ0n) is 15.1. The summed E-state index contributed by atoms with van der Waals surface area (Å²) in [5, 5.41) is 10.1. The number of aromatic nitrogens is 1. The smallest absolute Gasteiger partial charge is 0.531 e. The van der Waals surface area contributed by atoms with Crippen LogP contribution in [0.4, 0.5) is 0 Å². The van der Waals surface area contributed by atoms with Crippen molar-refractivity contribution in [2.75, 3.05) is 5.75 Å². The average Bonchev–Trinajstić information content (AvgIpc) is 3.30. The number of fused-ring (bicyclic) bond motifs is 3. The fourth-order valence-corrected chi connectivity index (χ4v) is 5.78. The third-order valence-electron chi connectivity index (χ3n) is 6.03. The Morgan fingerprint density at radius 3 is 2.93 bits per heavy atom. The molecule has 142 valence electrons. The maximum absolute atomic E-state index is 12.2. The molecule has 0 spiro atoms. The van der Waals surface area contributed by atoms with Crippen LogP contribution >= 0.6 is 0 Å². The van der Waals surface area contributed by atoms with Gasteiger partial charge >= 0.3 is 7.12 Å². The van der Waals surface area contributed by atoms with E-state index < -0.39 is 17.1 Å². The van der Waals surface area contributed by atoms with Gasteiger partial charge in [0.25, 0.3) is 0 Å². The highest BCUT2D eigenvalue weighted by atomic mass is 32.2. The van der Waals surface area contributed by atoms with Crippen molar-refractivity contribution in [3.8, 4) is 5.75 Å². The number of nitrogens with zero attached hydrogens (tertiary/aromatic N) is 1. The van der Waals surface area contributed by atoms with Gasteiger partial charge < -0.3 is 9.68 Å². The second kappa shape index (κ2) is 6.46. The van der Waals surface area contributed by atoms with Crippen LogP contribution in [0.25, 0.3) is 11.6 Å². The number of hydrogen-bond donors (Lipinski definition) is 2. The van der Waals surface area contributed by atoms with Crippen molar-refractivity contribution in [3.05, 3.63) is 35.1 Å². The Morgan fingerprint density at radius 1 is 1.33 bits per heavy atom. The van der Waals surface area contributed by atoms with E-state index in [1.54, 1.807) is 12.2 Å². The monoisotopic (exact) mass is 386 g/mol. The predicted molar refractivity (Wildman–Crippen MR) is 104 cm³/mol. The Kier molecular flexibility index (Phi) is 4.18. The van der Waals surface area contributed by atoms with E-state index in [1.807, 2.05) is 0 Å². The van der Waals surface area contributed by atoms with E-state index in [9.17, 15) is 13.4 Å². The second-order valence-corrected chi connectivity index (χ2v) is 10.0. The highest BCUT2D eigenvalue weighted by molar-refractivity contribution is 7.89. The first-order valence-corrected chi connectivity index (χ1v) is 11.4. The molecule has 0 unspecified atom stereocenters. The molecule has 2 saturated carbocycles. The lowest BCUT2D eigenvalue weighted by Gasteiger charge is -2.39. The topological polar surface area (TPSA) is 88.5 Å². The molecule has 4 aliphatic rings. The maximum atomic E-state index is 12.2. The standard InChI is InChI=1S/C19H23BN2O4S/c23-20-10-16(19-15-2-1-3-17(15)21-11-18(19)26-20)13-8-14(9-13)22-27(24,25)7-6-12-4-5-12/h1-2,10-14,22-23H,3-9H2. The van der Waals surface area contributed by atoms with Crippen LogP contribution < -0.4 is 9.38 Å². The van der Waals surface area contributed by atoms with E-state index >= 15 is 0 Å². The van der Waals surface area contributed by atoms with Crippen molar-refractivity contribution in [3.63, 3.8) is 0 Å². The lowest BCUT2D eigenvalue weighted by molar-refractivity contribution is 0.308. The van der Waals surface area contributed by atoms with E-state index in [1.165, 1.54) is 12.8 Å². The summed E-state index contributed by atoms with van der Waals surface area (Å²) < 4.78 is 32.9. The molecule has 2 N–H and O–H groups in total. The Bertz CT molecular complexity index is 933. The molecule has 3 aliphatic carbocycles. The van der Waals surface area contributed by atoms with Crippen molar-refractivity contribution in [1.29, 1.82) is 0 Å². The molecule has 1 aromatic rings. The fourth-order valence-electron chi connectivity index (χ4n) is 4.32. The fraction of sp³-hybridized carbons (Fsp3) is 0.526. The van der Waals surface area contributed by atoms with Crippen LogP contribution in [0.2, 0.25) is 0 Å². The van der Waals surface area contributed by atoms with Crippen LogP contribution in [0.1, 0.15) is 48.9 Å². The molecule has 0 saturated heterocycles. The third kappa shape index (κ3) is 3.46. The first-order chi connectivity index (χ1) is 13.0. The summed E-state index contributed by atoms with van der Waals surface area (Å²) in [6, 6.07) is -0.0195. The van der Waals surface area contributed by atoms with Crippen LogP contribution in [-0.2, 0) is 16.4 Å². The van der Waals surface area contributed by atoms with Gasteiger partial charge in [0.05, 0.1) is 17.6 Å².